The van der Waals surface area contributed by atoms with Gasteiger partial charge in [-0.05, 0) is 29.9 Å². The van der Waals surface area contributed by atoms with Crippen molar-refractivity contribution in [2.45, 2.75) is 25.4 Å². The normalized spacial score (nSPS) is 16.4. The Hall–Kier alpha value is -2.06. The fourth-order valence-corrected chi connectivity index (χ4v) is 4.25. The predicted octanol–water partition coefficient (Wildman–Crippen LogP) is 3.82. The molecular formula is C19H20F3NO3S. The summed E-state index contributed by atoms with van der Waals surface area (Å²) in [5.74, 6) is -3.67. The number of halogens is 3. The quantitative estimate of drug-likeness (QED) is 0.768. The maximum Gasteiger partial charge on any atom is 0.211 e. The number of ether oxygens (including phenoxy) is 1. The van der Waals surface area contributed by atoms with Crippen LogP contribution >= 0.6 is 0 Å². The van der Waals surface area contributed by atoms with Crippen LogP contribution in [-0.2, 0) is 16.6 Å². The zero-order valence-corrected chi connectivity index (χ0v) is 15.6. The Balaban J connectivity index is 1.74. The third-order valence-electron chi connectivity index (χ3n) is 4.75. The van der Waals surface area contributed by atoms with Crippen molar-refractivity contribution in [3.05, 3.63) is 65.0 Å². The van der Waals surface area contributed by atoms with Crippen molar-refractivity contribution in [3.63, 3.8) is 0 Å². The van der Waals surface area contributed by atoms with Crippen LogP contribution in [0, 0.1) is 17.5 Å². The number of hydrogen-bond acceptors (Lipinski definition) is 3. The van der Waals surface area contributed by atoms with E-state index in [2.05, 4.69) is 0 Å². The Morgan fingerprint density at radius 2 is 1.67 bits per heavy atom. The zero-order valence-electron chi connectivity index (χ0n) is 14.8. The first kappa shape index (κ1) is 19.7. The van der Waals surface area contributed by atoms with Crippen LogP contribution in [0.3, 0.4) is 0 Å². The van der Waals surface area contributed by atoms with E-state index >= 15 is 0 Å². The van der Waals surface area contributed by atoms with Crippen molar-refractivity contribution in [2.75, 3.05) is 19.3 Å². The summed E-state index contributed by atoms with van der Waals surface area (Å²) in [5, 5.41) is 0. The molecule has 1 heterocycles. The Morgan fingerprint density at radius 3 is 2.26 bits per heavy atom. The van der Waals surface area contributed by atoms with Crippen LogP contribution in [0.15, 0.2) is 36.4 Å². The molecule has 1 saturated heterocycles. The molecule has 0 spiro atoms. The summed E-state index contributed by atoms with van der Waals surface area (Å²) in [7, 11) is -3.21. The fourth-order valence-electron chi connectivity index (χ4n) is 3.38. The highest BCUT2D eigenvalue weighted by molar-refractivity contribution is 7.88. The molecule has 4 nitrogen and oxygen atoms in total. The molecule has 0 atom stereocenters. The van der Waals surface area contributed by atoms with Crippen molar-refractivity contribution < 1.29 is 26.3 Å². The van der Waals surface area contributed by atoms with E-state index in [9.17, 15) is 21.6 Å². The van der Waals surface area contributed by atoms with Crippen molar-refractivity contribution in [1.82, 2.24) is 4.31 Å². The minimum atomic E-state index is -3.21. The van der Waals surface area contributed by atoms with E-state index in [1.165, 1.54) is 10.6 Å². The highest BCUT2D eigenvalue weighted by atomic mass is 32.2. The van der Waals surface area contributed by atoms with Crippen LogP contribution in [0.4, 0.5) is 13.2 Å². The molecule has 1 aliphatic heterocycles. The Labute approximate surface area is 156 Å². The smallest absolute Gasteiger partial charge is 0.211 e. The number of benzene rings is 2. The molecule has 0 unspecified atom stereocenters. The SMILES string of the molecule is CS(=O)(=O)N1CCC(c2ccccc2COc2c(F)cc(F)cc2F)CC1. The molecule has 0 radical (unpaired) electrons. The lowest BCUT2D eigenvalue weighted by molar-refractivity contribution is 0.268. The number of rotatable bonds is 5. The van der Waals surface area contributed by atoms with Gasteiger partial charge in [-0.2, -0.15) is 0 Å². The van der Waals surface area contributed by atoms with Crippen LogP contribution in [0.25, 0.3) is 0 Å². The Morgan fingerprint density at radius 1 is 1.07 bits per heavy atom. The van der Waals surface area contributed by atoms with E-state index in [1.807, 2.05) is 12.1 Å². The minimum Gasteiger partial charge on any atom is -0.483 e. The van der Waals surface area contributed by atoms with Crippen LogP contribution in [0.2, 0.25) is 0 Å². The van der Waals surface area contributed by atoms with Gasteiger partial charge in [0, 0.05) is 25.2 Å². The molecule has 27 heavy (non-hydrogen) atoms. The van der Waals surface area contributed by atoms with Gasteiger partial charge >= 0.3 is 0 Å². The molecule has 146 valence electrons. The van der Waals surface area contributed by atoms with Gasteiger partial charge < -0.3 is 4.74 Å². The molecule has 0 amide bonds. The molecular weight excluding hydrogens is 379 g/mol. The molecule has 0 N–H and O–H groups in total. The topological polar surface area (TPSA) is 46.6 Å². The summed E-state index contributed by atoms with van der Waals surface area (Å²) < 4.78 is 70.6. The summed E-state index contributed by atoms with van der Waals surface area (Å²) in [6.07, 6.45) is 2.51. The molecule has 2 aromatic carbocycles. The minimum absolute atomic E-state index is 0.0675. The molecule has 0 aromatic heterocycles. The van der Waals surface area contributed by atoms with Gasteiger partial charge in [-0.3, -0.25) is 0 Å². The second-order valence-corrected chi connectivity index (χ2v) is 8.60. The van der Waals surface area contributed by atoms with Gasteiger partial charge in [0.25, 0.3) is 0 Å². The fraction of sp³-hybridized carbons (Fsp3) is 0.368. The van der Waals surface area contributed by atoms with Gasteiger partial charge in [-0.15, -0.1) is 0 Å². The summed E-state index contributed by atoms with van der Waals surface area (Å²) in [6.45, 7) is 0.793. The lowest BCUT2D eigenvalue weighted by Crippen LogP contribution is -2.37. The first-order valence-corrected chi connectivity index (χ1v) is 10.4. The van der Waals surface area contributed by atoms with Gasteiger partial charge in [-0.1, -0.05) is 24.3 Å². The molecule has 1 fully saturated rings. The van der Waals surface area contributed by atoms with Crippen molar-refractivity contribution in [2.24, 2.45) is 0 Å². The predicted molar refractivity (Wildman–Crippen MR) is 95.5 cm³/mol. The van der Waals surface area contributed by atoms with Crippen molar-refractivity contribution >= 4 is 10.0 Å². The van der Waals surface area contributed by atoms with E-state index in [4.69, 9.17) is 4.74 Å². The number of sulfonamides is 1. The number of nitrogens with zero attached hydrogens (tertiary/aromatic N) is 1. The highest BCUT2D eigenvalue weighted by Gasteiger charge is 2.27. The average Bonchev–Trinajstić information content (AvgIpc) is 2.60. The van der Waals surface area contributed by atoms with E-state index < -0.39 is 33.2 Å². The molecule has 1 aliphatic rings. The highest BCUT2D eigenvalue weighted by Crippen LogP contribution is 2.32. The van der Waals surface area contributed by atoms with Crippen molar-refractivity contribution in [1.29, 1.82) is 0 Å². The van der Waals surface area contributed by atoms with E-state index in [0.717, 1.165) is 11.1 Å². The molecule has 0 aliphatic carbocycles. The van der Waals surface area contributed by atoms with Crippen LogP contribution in [-0.4, -0.2) is 32.1 Å². The Bertz CT molecular complexity index is 903. The van der Waals surface area contributed by atoms with Gasteiger partial charge in [0.2, 0.25) is 10.0 Å². The molecule has 3 rings (SSSR count). The molecule has 0 saturated carbocycles. The average molecular weight is 399 g/mol. The van der Waals surface area contributed by atoms with E-state index in [0.29, 0.717) is 38.1 Å². The lowest BCUT2D eigenvalue weighted by Gasteiger charge is -2.31. The molecule has 0 bridgehead atoms. The second kappa shape index (κ2) is 7.90. The Kier molecular flexibility index (Phi) is 5.76. The lowest BCUT2D eigenvalue weighted by atomic mass is 9.87. The monoisotopic (exact) mass is 399 g/mol. The van der Waals surface area contributed by atoms with Crippen LogP contribution in [0.1, 0.15) is 29.9 Å². The number of piperidine rings is 1. The first-order chi connectivity index (χ1) is 12.8. The summed E-state index contributed by atoms with van der Waals surface area (Å²) >= 11 is 0. The third-order valence-corrected chi connectivity index (χ3v) is 6.06. The van der Waals surface area contributed by atoms with Gasteiger partial charge in [0.15, 0.2) is 17.4 Å². The maximum absolute atomic E-state index is 13.8. The largest absolute Gasteiger partial charge is 0.483 e. The third kappa shape index (κ3) is 4.62. The first-order valence-electron chi connectivity index (χ1n) is 8.56. The maximum atomic E-state index is 13.8. The number of hydrogen-bond donors (Lipinski definition) is 0. The second-order valence-electron chi connectivity index (χ2n) is 6.62. The van der Waals surface area contributed by atoms with Gasteiger partial charge in [0.05, 0.1) is 6.26 Å². The van der Waals surface area contributed by atoms with Gasteiger partial charge in [0.1, 0.15) is 12.4 Å². The van der Waals surface area contributed by atoms with E-state index in [-0.39, 0.29) is 12.5 Å². The van der Waals surface area contributed by atoms with Gasteiger partial charge in [-0.25, -0.2) is 25.9 Å². The standard InChI is InChI=1S/C19H20F3NO3S/c1-27(24,25)23-8-6-13(7-9-23)16-5-3-2-4-14(16)12-26-19-17(21)10-15(20)11-18(19)22/h2-5,10-11,13H,6-9,12H2,1H3. The summed E-state index contributed by atoms with van der Waals surface area (Å²) in [4.78, 5) is 0. The van der Waals surface area contributed by atoms with Crippen molar-refractivity contribution in [3.8, 4) is 5.75 Å². The zero-order chi connectivity index (χ0) is 19.6. The van der Waals surface area contributed by atoms with E-state index in [1.54, 1.807) is 12.1 Å². The summed E-state index contributed by atoms with van der Waals surface area (Å²) in [6, 6.07) is 8.52. The van der Waals surface area contributed by atoms with Crippen LogP contribution in [0.5, 0.6) is 5.75 Å². The summed E-state index contributed by atoms with van der Waals surface area (Å²) in [5.41, 5.74) is 1.73. The van der Waals surface area contributed by atoms with Crippen LogP contribution < -0.4 is 4.74 Å². The molecule has 2 aromatic rings. The molecule has 8 heteroatoms.